The van der Waals surface area contributed by atoms with Crippen LogP contribution in [0.15, 0.2) is 24.3 Å². The molecule has 2 aliphatic rings. The maximum Gasteiger partial charge on any atom is 0.335 e. The molecule has 6 heteroatoms. The van der Waals surface area contributed by atoms with Gasteiger partial charge < -0.3 is 14.9 Å². The number of nitrogens with zero attached hydrogens (tertiary/aromatic N) is 2. The van der Waals surface area contributed by atoms with Gasteiger partial charge in [-0.25, -0.2) is 4.79 Å². The Kier molecular flexibility index (Phi) is 5.59. The normalized spacial score (nSPS) is 21.5. The molecular formula is C20H26N2O4. The average Bonchev–Trinajstić information content (AvgIpc) is 2.67. The fraction of sp³-hybridized carbons (Fsp3) is 0.550. The molecule has 2 fully saturated rings. The van der Waals surface area contributed by atoms with Gasteiger partial charge in [-0.05, 0) is 49.8 Å². The Hall–Kier alpha value is -2.37. The van der Waals surface area contributed by atoms with E-state index in [0.29, 0.717) is 37.4 Å². The van der Waals surface area contributed by atoms with Crippen molar-refractivity contribution in [1.29, 1.82) is 0 Å². The minimum absolute atomic E-state index is 0.00490. The van der Waals surface area contributed by atoms with Crippen LogP contribution < -0.4 is 0 Å². The van der Waals surface area contributed by atoms with Crippen molar-refractivity contribution >= 4 is 17.8 Å². The van der Waals surface area contributed by atoms with Crippen molar-refractivity contribution in [2.45, 2.75) is 32.6 Å². The Balaban J connectivity index is 1.58. The molecule has 2 heterocycles. The van der Waals surface area contributed by atoms with Crippen molar-refractivity contribution in [3.63, 3.8) is 0 Å². The van der Waals surface area contributed by atoms with Gasteiger partial charge in [-0.2, -0.15) is 0 Å². The fourth-order valence-corrected chi connectivity index (χ4v) is 3.95. The standard InChI is InChI=1S/C20H26N2O4/c1-14-4-3-9-22(13-14)18(23)15-7-10-21(11-8-15)19(24)16-5-2-6-17(12-16)20(25)26/h2,5-6,12,14-15H,3-4,7-11,13H2,1H3,(H,25,26). The van der Waals surface area contributed by atoms with Crippen LogP contribution in [0.1, 0.15) is 53.3 Å². The third kappa shape index (κ3) is 4.06. The Bertz CT molecular complexity index is 695. The zero-order valence-electron chi connectivity index (χ0n) is 15.2. The van der Waals surface area contributed by atoms with Crippen molar-refractivity contribution in [2.24, 2.45) is 11.8 Å². The molecule has 1 aromatic carbocycles. The molecule has 0 saturated carbocycles. The first kappa shape index (κ1) is 18.4. The molecule has 0 aliphatic carbocycles. The van der Waals surface area contributed by atoms with Crippen molar-refractivity contribution in [2.75, 3.05) is 26.2 Å². The summed E-state index contributed by atoms with van der Waals surface area (Å²) in [6.07, 6.45) is 3.61. The maximum absolute atomic E-state index is 12.7. The maximum atomic E-state index is 12.7. The van der Waals surface area contributed by atoms with E-state index in [1.54, 1.807) is 17.0 Å². The average molecular weight is 358 g/mol. The minimum atomic E-state index is -1.04. The molecule has 140 valence electrons. The zero-order valence-corrected chi connectivity index (χ0v) is 15.2. The summed E-state index contributed by atoms with van der Waals surface area (Å²) in [7, 11) is 0. The summed E-state index contributed by atoms with van der Waals surface area (Å²) in [5, 5.41) is 9.07. The Morgan fingerprint density at radius 1 is 1.00 bits per heavy atom. The van der Waals surface area contributed by atoms with E-state index >= 15 is 0 Å². The first-order valence-electron chi connectivity index (χ1n) is 9.37. The van der Waals surface area contributed by atoms with Crippen LogP contribution in [0.4, 0.5) is 0 Å². The second-order valence-corrected chi connectivity index (χ2v) is 7.48. The molecule has 2 amide bonds. The first-order valence-corrected chi connectivity index (χ1v) is 9.37. The van der Waals surface area contributed by atoms with Crippen LogP contribution in [0.25, 0.3) is 0 Å². The molecule has 1 unspecified atom stereocenters. The second kappa shape index (κ2) is 7.89. The highest BCUT2D eigenvalue weighted by Crippen LogP contribution is 2.24. The van der Waals surface area contributed by atoms with Gasteiger partial charge in [0.15, 0.2) is 0 Å². The highest BCUT2D eigenvalue weighted by molar-refractivity contribution is 5.97. The van der Waals surface area contributed by atoms with Crippen molar-refractivity contribution < 1.29 is 19.5 Å². The Labute approximate surface area is 153 Å². The summed E-state index contributed by atoms with van der Waals surface area (Å²) in [5.74, 6) is -0.410. The van der Waals surface area contributed by atoms with E-state index in [9.17, 15) is 14.4 Å². The van der Waals surface area contributed by atoms with Crippen LogP contribution in [0.2, 0.25) is 0 Å². The van der Waals surface area contributed by atoms with Gasteiger partial charge in [-0.3, -0.25) is 9.59 Å². The predicted octanol–water partition coefficient (Wildman–Crippen LogP) is 2.50. The number of amides is 2. The molecule has 1 aromatic rings. The quantitative estimate of drug-likeness (QED) is 0.900. The lowest BCUT2D eigenvalue weighted by atomic mass is 9.92. The van der Waals surface area contributed by atoms with E-state index in [1.165, 1.54) is 18.6 Å². The van der Waals surface area contributed by atoms with Crippen LogP contribution in [-0.2, 0) is 4.79 Å². The fourth-order valence-electron chi connectivity index (χ4n) is 3.95. The topological polar surface area (TPSA) is 77.9 Å². The number of piperidine rings is 2. The van der Waals surface area contributed by atoms with Gasteiger partial charge in [-0.15, -0.1) is 0 Å². The van der Waals surface area contributed by atoms with Crippen LogP contribution in [0, 0.1) is 11.8 Å². The molecule has 1 atom stereocenters. The van der Waals surface area contributed by atoms with Crippen molar-refractivity contribution in [3.8, 4) is 0 Å². The van der Waals surface area contributed by atoms with E-state index in [-0.39, 0.29) is 23.3 Å². The lowest BCUT2D eigenvalue weighted by Gasteiger charge is -2.37. The van der Waals surface area contributed by atoms with Crippen LogP contribution in [0.5, 0.6) is 0 Å². The summed E-state index contributed by atoms with van der Waals surface area (Å²) in [6, 6.07) is 6.12. The number of carbonyl (C=O) groups excluding carboxylic acids is 2. The smallest absolute Gasteiger partial charge is 0.335 e. The van der Waals surface area contributed by atoms with Crippen molar-refractivity contribution in [3.05, 3.63) is 35.4 Å². The number of hydrogen-bond donors (Lipinski definition) is 1. The summed E-state index contributed by atoms with van der Waals surface area (Å²) in [4.78, 5) is 40.2. The van der Waals surface area contributed by atoms with E-state index in [1.807, 2.05) is 4.90 Å². The van der Waals surface area contributed by atoms with E-state index < -0.39 is 5.97 Å². The number of carboxylic acids is 1. The lowest BCUT2D eigenvalue weighted by Crippen LogP contribution is -2.47. The number of rotatable bonds is 3. The molecule has 1 N–H and O–H groups in total. The SMILES string of the molecule is CC1CCCN(C(=O)C2CCN(C(=O)c3cccc(C(=O)O)c3)CC2)C1. The molecule has 0 aromatic heterocycles. The van der Waals surface area contributed by atoms with Gasteiger partial charge in [0.05, 0.1) is 5.56 Å². The number of likely N-dealkylation sites (tertiary alicyclic amines) is 2. The highest BCUT2D eigenvalue weighted by atomic mass is 16.4. The third-order valence-corrected chi connectivity index (χ3v) is 5.46. The van der Waals surface area contributed by atoms with Gasteiger partial charge in [0.2, 0.25) is 5.91 Å². The van der Waals surface area contributed by atoms with Crippen molar-refractivity contribution in [1.82, 2.24) is 9.80 Å². The summed E-state index contributed by atoms with van der Waals surface area (Å²) in [6.45, 7) is 4.96. The van der Waals surface area contributed by atoms with E-state index in [2.05, 4.69) is 6.92 Å². The number of carboxylic acid groups (broad SMARTS) is 1. The van der Waals surface area contributed by atoms with Gasteiger partial charge in [0, 0.05) is 37.7 Å². The highest BCUT2D eigenvalue weighted by Gasteiger charge is 2.32. The number of hydrogen-bond acceptors (Lipinski definition) is 3. The monoisotopic (exact) mass is 358 g/mol. The van der Waals surface area contributed by atoms with Crippen LogP contribution >= 0.6 is 0 Å². The molecule has 0 bridgehead atoms. The summed E-state index contributed by atoms with van der Waals surface area (Å²) < 4.78 is 0. The molecule has 0 radical (unpaired) electrons. The molecule has 2 saturated heterocycles. The minimum Gasteiger partial charge on any atom is -0.478 e. The predicted molar refractivity (Wildman–Crippen MR) is 97.0 cm³/mol. The second-order valence-electron chi connectivity index (χ2n) is 7.48. The first-order chi connectivity index (χ1) is 12.5. The van der Waals surface area contributed by atoms with Gasteiger partial charge in [0.1, 0.15) is 0 Å². The van der Waals surface area contributed by atoms with Crippen LogP contribution in [-0.4, -0.2) is 58.9 Å². The van der Waals surface area contributed by atoms with E-state index in [0.717, 1.165) is 19.5 Å². The van der Waals surface area contributed by atoms with E-state index in [4.69, 9.17) is 5.11 Å². The zero-order chi connectivity index (χ0) is 18.7. The van der Waals surface area contributed by atoms with Crippen LogP contribution in [0.3, 0.4) is 0 Å². The Morgan fingerprint density at radius 2 is 1.69 bits per heavy atom. The molecular weight excluding hydrogens is 332 g/mol. The Morgan fingerprint density at radius 3 is 2.35 bits per heavy atom. The molecule has 0 spiro atoms. The number of carbonyl (C=O) groups is 3. The van der Waals surface area contributed by atoms with Gasteiger partial charge >= 0.3 is 5.97 Å². The summed E-state index contributed by atoms with van der Waals surface area (Å²) in [5.41, 5.74) is 0.500. The largest absolute Gasteiger partial charge is 0.478 e. The molecule has 2 aliphatic heterocycles. The third-order valence-electron chi connectivity index (χ3n) is 5.46. The number of aromatic carboxylic acids is 1. The number of benzene rings is 1. The molecule has 6 nitrogen and oxygen atoms in total. The van der Waals surface area contributed by atoms with Gasteiger partial charge in [0.25, 0.3) is 5.91 Å². The van der Waals surface area contributed by atoms with Gasteiger partial charge in [-0.1, -0.05) is 13.0 Å². The lowest BCUT2D eigenvalue weighted by molar-refractivity contribution is -0.138. The summed E-state index contributed by atoms with van der Waals surface area (Å²) >= 11 is 0. The molecule has 3 rings (SSSR count). The molecule has 26 heavy (non-hydrogen) atoms.